The minimum Gasteiger partial charge on any atom is -0.326 e. The number of nitrogens with one attached hydrogen (secondary N) is 2. The highest BCUT2D eigenvalue weighted by atomic mass is 16.2. The van der Waals surface area contributed by atoms with Crippen LogP contribution in [0.4, 0.5) is 4.79 Å². The van der Waals surface area contributed by atoms with Gasteiger partial charge in [-0.05, 0) is 24.0 Å². The summed E-state index contributed by atoms with van der Waals surface area (Å²) in [5.74, 6) is 5.24. The fraction of sp³-hybridized carbons (Fsp3) is 0.381. The third-order valence-corrected chi connectivity index (χ3v) is 5.81. The van der Waals surface area contributed by atoms with Gasteiger partial charge in [0.2, 0.25) is 0 Å². The Labute approximate surface area is 168 Å². The van der Waals surface area contributed by atoms with Crippen LogP contribution in [-0.2, 0) is 17.8 Å². The normalized spacial score (nSPS) is 21.1. The van der Waals surface area contributed by atoms with Crippen molar-refractivity contribution in [1.29, 1.82) is 0 Å². The lowest BCUT2D eigenvalue weighted by atomic mass is 9.83. The number of amides is 3. The molecule has 2 bridgehead atoms. The number of benzene rings is 1. The van der Waals surface area contributed by atoms with Crippen molar-refractivity contribution < 1.29 is 9.59 Å². The Morgan fingerprint density at radius 2 is 1.86 bits per heavy atom. The molecule has 0 radical (unpaired) electrons. The quantitative estimate of drug-likeness (QED) is 0.400. The number of likely N-dealkylation sites (tertiary alicyclic amines) is 1. The largest absolute Gasteiger partial charge is 0.326 e. The molecule has 4 rings (SSSR count). The summed E-state index contributed by atoms with van der Waals surface area (Å²) in [7, 11) is 0. The molecule has 8 heteroatoms. The molecule has 3 heterocycles. The molecule has 1 saturated heterocycles. The molecule has 2 aliphatic rings. The zero-order valence-electron chi connectivity index (χ0n) is 16.1. The highest BCUT2D eigenvalue weighted by molar-refractivity contribution is 5.87. The first-order chi connectivity index (χ1) is 14.0. The van der Waals surface area contributed by atoms with Crippen molar-refractivity contribution in [2.75, 3.05) is 13.1 Å². The number of hydrazine groups is 1. The lowest BCUT2D eigenvalue weighted by molar-refractivity contribution is -0.123. The number of nitrogens with zero attached hydrogens (tertiary/aromatic N) is 2. The van der Waals surface area contributed by atoms with Crippen LogP contribution < -0.4 is 22.1 Å². The number of carbonyl (C=O) groups excluding carboxylic acids is 2. The van der Waals surface area contributed by atoms with Crippen molar-refractivity contribution in [2.24, 2.45) is 11.8 Å². The van der Waals surface area contributed by atoms with Crippen LogP contribution in [0.15, 0.2) is 53.3 Å². The number of piperidine rings is 1. The number of rotatable bonds is 4. The van der Waals surface area contributed by atoms with Crippen LogP contribution in [0.5, 0.6) is 0 Å². The summed E-state index contributed by atoms with van der Waals surface area (Å²) in [5.41, 5.74) is 4.07. The van der Waals surface area contributed by atoms with Gasteiger partial charge in [0, 0.05) is 43.7 Å². The highest BCUT2D eigenvalue weighted by Gasteiger charge is 2.37. The van der Waals surface area contributed by atoms with E-state index in [1.54, 1.807) is 17.0 Å². The molecule has 3 atom stereocenters. The van der Waals surface area contributed by atoms with E-state index in [0.29, 0.717) is 26.1 Å². The van der Waals surface area contributed by atoms with E-state index in [9.17, 15) is 14.4 Å². The first-order valence-electron chi connectivity index (χ1n) is 9.84. The SMILES string of the molecule is NNC(=O)[C@H](Cc1ccccc1)NC(=O)N1C[C@@H]2C[C@H](C1)c1cccc(=O)n1C2. The maximum atomic E-state index is 13.0. The van der Waals surface area contributed by atoms with Gasteiger partial charge in [-0.2, -0.15) is 0 Å². The van der Waals surface area contributed by atoms with Crippen molar-refractivity contribution in [2.45, 2.75) is 31.3 Å². The van der Waals surface area contributed by atoms with Crippen molar-refractivity contribution in [1.82, 2.24) is 20.2 Å². The van der Waals surface area contributed by atoms with E-state index in [-0.39, 0.29) is 23.4 Å². The highest BCUT2D eigenvalue weighted by Crippen LogP contribution is 2.34. The molecule has 4 N–H and O–H groups in total. The average Bonchev–Trinajstić information content (AvgIpc) is 2.74. The van der Waals surface area contributed by atoms with Gasteiger partial charge in [-0.1, -0.05) is 36.4 Å². The molecule has 29 heavy (non-hydrogen) atoms. The van der Waals surface area contributed by atoms with Crippen LogP contribution in [0.2, 0.25) is 0 Å². The third-order valence-electron chi connectivity index (χ3n) is 5.81. The number of urea groups is 1. The van der Waals surface area contributed by atoms with Gasteiger partial charge >= 0.3 is 6.03 Å². The molecule has 2 aliphatic heterocycles. The fourth-order valence-electron chi connectivity index (χ4n) is 4.46. The van der Waals surface area contributed by atoms with Crippen molar-refractivity contribution in [3.8, 4) is 0 Å². The molecular formula is C21H25N5O3. The van der Waals surface area contributed by atoms with Crippen molar-refractivity contribution in [3.63, 3.8) is 0 Å². The summed E-state index contributed by atoms with van der Waals surface area (Å²) in [6.07, 6.45) is 1.32. The van der Waals surface area contributed by atoms with Crippen LogP contribution in [-0.4, -0.2) is 40.5 Å². The molecule has 8 nitrogen and oxygen atoms in total. The summed E-state index contributed by atoms with van der Waals surface area (Å²) in [5, 5.41) is 2.84. The molecule has 1 aromatic heterocycles. The van der Waals surface area contributed by atoms with Gasteiger partial charge in [0.25, 0.3) is 11.5 Å². The Morgan fingerprint density at radius 3 is 2.62 bits per heavy atom. The number of aromatic nitrogens is 1. The summed E-state index contributed by atoms with van der Waals surface area (Å²) in [6, 6.07) is 13.8. The standard InChI is InChI=1S/C21H25N5O3/c22-24-20(28)17(10-14-5-2-1-3-6-14)23-21(29)25-11-15-9-16(13-25)18-7-4-8-19(27)26(18)12-15/h1-8,15-17H,9-13,22H2,(H,23,29)(H,24,28)/t15-,16+,17-/m0/s1. The Kier molecular flexibility index (Phi) is 5.35. The maximum absolute atomic E-state index is 13.0. The van der Waals surface area contributed by atoms with Gasteiger partial charge in [-0.25, -0.2) is 10.6 Å². The molecule has 1 aromatic carbocycles. The van der Waals surface area contributed by atoms with Crippen molar-refractivity contribution in [3.05, 3.63) is 70.1 Å². The molecule has 2 aromatic rings. The molecule has 0 unspecified atom stereocenters. The second-order valence-electron chi connectivity index (χ2n) is 7.80. The lowest BCUT2D eigenvalue weighted by Crippen LogP contribution is -2.57. The number of hydrogen-bond acceptors (Lipinski definition) is 4. The van der Waals surface area contributed by atoms with Gasteiger partial charge in [0.1, 0.15) is 6.04 Å². The Morgan fingerprint density at radius 1 is 1.07 bits per heavy atom. The second kappa shape index (κ2) is 8.08. The Hall–Kier alpha value is -3.13. The fourth-order valence-corrected chi connectivity index (χ4v) is 4.46. The van der Waals surface area contributed by atoms with E-state index < -0.39 is 11.9 Å². The Balaban J connectivity index is 1.48. The number of nitrogens with two attached hydrogens (primary N) is 1. The number of pyridine rings is 1. The Bertz CT molecular complexity index is 958. The molecule has 1 fully saturated rings. The summed E-state index contributed by atoms with van der Waals surface area (Å²) >= 11 is 0. The van der Waals surface area contributed by atoms with E-state index >= 15 is 0 Å². The van der Waals surface area contributed by atoms with Crippen LogP contribution in [0.1, 0.15) is 23.6 Å². The zero-order chi connectivity index (χ0) is 20.4. The van der Waals surface area contributed by atoms with Gasteiger partial charge in [0.15, 0.2) is 0 Å². The first-order valence-corrected chi connectivity index (χ1v) is 9.84. The average molecular weight is 395 g/mol. The van der Waals surface area contributed by atoms with Gasteiger partial charge in [-0.15, -0.1) is 0 Å². The van der Waals surface area contributed by atoms with E-state index in [1.807, 2.05) is 41.0 Å². The predicted molar refractivity (Wildman–Crippen MR) is 108 cm³/mol. The maximum Gasteiger partial charge on any atom is 0.318 e. The summed E-state index contributed by atoms with van der Waals surface area (Å²) in [6.45, 7) is 1.70. The van der Waals surface area contributed by atoms with Gasteiger partial charge in [0.05, 0.1) is 0 Å². The van der Waals surface area contributed by atoms with Crippen LogP contribution in [0.3, 0.4) is 0 Å². The second-order valence-corrected chi connectivity index (χ2v) is 7.80. The third kappa shape index (κ3) is 4.02. The predicted octanol–water partition coefficient (Wildman–Crippen LogP) is 0.578. The number of carbonyl (C=O) groups is 2. The topological polar surface area (TPSA) is 109 Å². The monoisotopic (exact) mass is 395 g/mol. The minimum absolute atomic E-state index is 0.0117. The molecule has 0 saturated carbocycles. The van der Waals surface area contributed by atoms with E-state index in [0.717, 1.165) is 17.7 Å². The number of fused-ring (bicyclic) bond motifs is 4. The lowest BCUT2D eigenvalue weighted by Gasteiger charge is -2.42. The van der Waals surface area contributed by atoms with Crippen LogP contribution in [0.25, 0.3) is 0 Å². The van der Waals surface area contributed by atoms with E-state index in [1.165, 1.54) is 0 Å². The summed E-state index contributed by atoms with van der Waals surface area (Å²) < 4.78 is 1.83. The number of hydrogen-bond donors (Lipinski definition) is 3. The molecule has 3 amide bonds. The van der Waals surface area contributed by atoms with Gasteiger partial charge < -0.3 is 14.8 Å². The van der Waals surface area contributed by atoms with Crippen LogP contribution >= 0.6 is 0 Å². The molecule has 0 aliphatic carbocycles. The van der Waals surface area contributed by atoms with Crippen molar-refractivity contribution >= 4 is 11.9 Å². The summed E-state index contributed by atoms with van der Waals surface area (Å²) in [4.78, 5) is 39.1. The molecule has 152 valence electrons. The molecule has 0 spiro atoms. The minimum atomic E-state index is -0.758. The first kappa shape index (κ1) is 19.2. The smallest absolute Gasteiger partial charge is 0.318 e. The van der Waals surface area contributed by atoms with Crippen LogP contribution in [0, 0.1) is 5.92 Å². The van der Waals surface area contributed by atoms with E-state index in [2.05, 4.69) is 10.7 Å². The zero-order valence-corrected chi connectivity index (χ0v) is 16.1. The molecular weight excluding hydrogens is 370 g/mol. The van der Waals surface area contributed by atoms with E-state index in [4.69, 9.17) is 5.84 Å². The van der Waals surface area contributed by atoms with Gasteiger partial charge in [-0.3, -0.25) is 15.0 Å².